The van der Waals surface area contributed by atoms with Gasteiger partial charge in [0.25, 0.3) is 5.92 Å². The number of amides is 5. The smallest absolute Gasteiger partial charge is 0.407 e. The average Bonchev–Trinajstić information content (AvgIpc) is 3.28. The fourth-order valence-corrected chi connectivity index (χ4v) is 4.57. The maximum atomic E-state index is 14.0. The van der Waals surface area contributed by atoms with Crippen LogP contribution in [-0.2, 0) is 14.3 Å². The Morgan fingerprint density at radius 1 is 1.18 bits per heavy atom. The van der Waals surface area contributed by atoms with Crippen molar-refractivity contribution in [3.63, 3.8) is 0 Å². The first-order valence-corrected chi connectivity index (χ1v) is 12.9. The van der Waals surface area contributed by atoms with Crippen LogP contribution in [0.2, 0.25) is 0 Å². The first-order valence-electron chi connectivity index (χ1n) is 12.9. The number of piperidine rings is 1. The molecule has 2 aliphatic rings. The Hall–Kier alpha value is -3.44. The second kappa shape index (κ2) is 12.4. The van der Waals surface area contributed by atoms with E-state index in [0.29, 0.717) is 18.7 Å². The van der Waals surface area contributed by atoms with Crippen LogP contribution >= 0.6 is 0 Å². The highest BCUT2D eigenvalue weighted by Gasteiger charge is 2.40. The fourth-order valence-electron chi connectivity index (χ4n) is 4.57. The van der Waals surface area contributed by atoms with E-state index in [0.717, 1.165) is 11.3 Å². The molecule has 210 valence electrons. The van der Waals surface area contributed by atoms with Crippen LogP contribution < -0.4 is 16.0 Å². The van der Waals surface area contributed by atoms with E-state index in [4.69, 9.17) is 4.74 Å². The zero-order valence-electron chi connectivity index (χ0n) is 22.1. The molecule has 2 saturated heterocycles. The van der Waals surface area contributed by atoms with Gasteiger partial charge in [0.05, 0.1) is 12.6 Å². The van der Waals surface area contributed by atoms with Crippen LogP contribution in [0.5, 0.6) is 0 Å². The minimum atomic E-state index is -3.03. The number of rotatable bonds is 8. The third-order valence-electron chi connectivity index (χ3n) is 6.29. The number of carbonyl (C=O) groups excluding carboxylic acids is 4. The van der Waals surface area contributed by atoms with Crippen LogP contribution in [0.15, 0.2) is 30.3 Å². The summed E-state index contributed by atoms with van der Waals surface area (Å²) in [6, 6.07) is 7.36. The van der Waals surface area contributed by atoms with Crippen molar-refractivity contribution in [2.75, 3.05) is 31.5 Å². The number of nitrogens with zero attached hydrogens (tertiary/aromatic N) is 2. The Labute approximate surface area is 221 Å². The molecule has 0 saturated carbocycles. The van der Waals surface area contributed by atoms with E-state index in [1.807, 2.05) is 6.07 Å². The van der Waals surface area contributed by atoms with Gasteiger partial charge in [-0.25, -0.2) is 18.4 Å². The van der Waals surface area contributed by atoms with Crippen molar-refractivity contribution in [3.8, 4) is 0 Å². The van der Waals surface area contributed by atoms with Crippen LogP contribution in [0.25, 0.3) is 0 Å². The normalized spacial score (nSPS) is 20.0. The van der Waals surface area contributed by atoms with Crippen molar-refractivity contribution in [3.05, 3.63) is 30.3 Å². The minimum Gasteiger partial charge on any atom is -0.444 e. The molecule has 0 bridgehead atoms. The van der Waals surface area contributed by atoms with Crippen molar-refractivity contribution >= 4 is 29.6 Å². The summed E-state index contributed by atoms with van der Waals surface area (Å²) in [4.78, 5) is 52.9. The van der Waals surface area contributed by atoms with Gasteiger partial charge in [-0.05, 0) is 45.7 Å². The van der Waals surface area contributed by atoms with Crippen molar-refractivity contribution in [2.24, 2.45) is 0 Å². The van der Waals surface area contributed by atoms with Gasteiger partial charge in [-0.1, -0.05) is 18.2 Å². The van der Waals surface area contributed by atoms with E-state index >= 15 is 0 Å². The molecule has 2 heterocycles. The number of carbonyl (C=O) groups is 4. The maximum Gasteiger partial charge on any atom is 0.407 e. The molecule has 0 aliphatic carbocycles. The number of hydrogen-bond acceptors (Lipinski definition) is 5. The summed E-state index contributed by atoms with van der Waals surface area (Å²) in [5.74, 6) is -3.79. The summed E-state index contributed by atoms with van der Waals surface area (Å²) in [6.07, 6.45) is -0.417. The van der Waals surface area contributed by atoms with E-state index in [9.17, 15) is 28.0 Å². The second-order valence-corrected chi connectivity index (χ2v) is 10.8. The van der Waals surface area contributed by atoms with Gasteiger partial charge < -0.3 is 30.5 Å². The van der Waals surface area contributed by atoms with Gasteiger partial charge in [-0.15, -0.1) is 0 Å². The van der Waals surface area contributed by atoms with Crippen LogP contribution in [-0.4, -0.2) is 83.5 Å². The number of para-hydroxylation sites is 1. The van der Waals surface area contributed by atoms with Crippen molar-refractivity contribution < 1.29 is 32.7 Å². The van der Waals surface area contributed by atoms with Gasteiger partial charge >= 0.3 is 12.1 Å². The molecule has 0 radical (unpaired) electrons. The Morgan fingerprint density at radius 2 is 1.89 bits per heavy atom. The standard InChI is InChI=1S/C26H37F2N5O5/c1-25(2,3)38-24(37)31-19(16-32-17-26(27,28)12-11-21(32)34)14-22(35)33-13-7-10-20(33)15-29-23(36)30-18-8-5-4-6-9-18/h4-6,8-9,19-20H,7,10-17H2,1-3H3,(H,31,37)(H2,29,30,36)/t19-,20-/m0/s1. The number of halogens is 2. The minimum absolute atomic E-state index is 0.207. The number of alkyl halides is 2. The van der Waals surface area contributed by atoms with E-state index in [-0.39, 0.29) is 37.9 Å². The molecule has 0 spiro atoms. The topological polar surface area (TPSA) is 120 Å². The van der Waals surface area contributed by atoms with Gasteiger partial charge in [0.2, 0.25) is 11.8 Å². The average molecular weight is 538 g/mol. The van der Waals surface area contributed by atoms with Gasteiger partial charge in [0.15, 0.2) is 0 Å². The molecule has 3 N–H and O–H groups in total. The molecule has 10 nitrogen and oxygen atoms in total. The van der Waals surface area contributed by atoms with Crippen LogP contribution in [0.3, 0.4) is 0 Å². The number of hydrogen-bond donors (Lipinski definition) is 3. The third-order valence-corrected chi connectivity index (χ3v) is 6.29. The predicted molar refractivity (Wildman–Crippen MR) is 137 cm³/mol. The number of nitrogens with one attached hydrogen (secondary N) is 3. The highest BCUT2D eigenvalue weighted by Crippen LogP contribution is 2.28. The summed E-state index contributed by atoms with van der Waals surface area (Å²) in [7, 11) is 0. The highest BCUT2D eigenvalue weighted by atomic mass is 19.3. The van der Waals surface area contributed by atoms with Gasteiger partial charge in [0.1, 0.15) is 5.60 Å². The zero-order chi connectivity index (χ0) is 27.9. The van der Waals surface area contributed by atoms with Gasteiger partial charge in [-0.3, -0.25) is 9.59 Å². The van der Waals surface area contributed by atoms with E-state index in [1.165, 1.54) is 0 Å². The van der Waals surface area contributed by atoms with Gasteiger partial charge in [-0.2, -0.15) is 0 Å². The predicted octanol–water partition coefficient (Wildman–Crippen LogP) is 3.34. The Balaban J connectivity index is 1.61. The first-order chi connectivity index (χ1) is 17.8. The molecule has 5 amide bonds. The molecule has 1 aromatic rings. The van der Waals surface area contributed by atoms with Crippen LogP contribution in [0.1, 0.15) is 52.9 Å². The van der Waals surface area contributed by atoms with Crippen LogP contribution in [0, 0.1) is 0 Å². The highest BCUT2D eigenvalue weighted by molar-refractivity contribution is 5.89. The molecule has 2 aliphatic heterocycles. The maximum absolute atomic E-state index is 14.0. The fraction of sp³-hybridized carbons (Fsp3) is 0.615. The van der Waals surface area contributed by atoms with Crippen molar-refractivity contribution in [2.45, 2.75) is 76.5 Å². The number of anilines is 1. The number of benzene rings is 1. The molecule has 2 atom stereocenters. The molecule has 1 aromatic carbocycles. The summed E-state index contributed by atoms with van der Waals surface area (Å²) in [6.45, 7) is 4.72. The zero-order valence-corrected chi connectivity index (χ0v) is 22.1. The summed E-state index contributed by atoms with van der Waals surface area (Å²) in [5.41, 5.74) is -0.170. The summed E-state index contributed by atoms with van der Waals surface area (Å²) >= 11 is 0. The van der Waals surface area contributed by atoms with E-state index < -0.39 is 48.6 Å². The molecule has 0 unspecified atom stereocenters. The SMILES string of the molecule is CC(C)(C)OC(=O)N[C@@H](CC(=O)N1CCC[C@H]1CNC(=O)Nc1ccccc1)CN1CC(F)(F)CCC1=O. The van der Waals surface area contributed by atoms with E-state index in [1.54, 1.807) is 49.9 Å². The molecule has 0 aromatic heterocycles. The molecule has 38 heavy (non-hydrogen) atoms. The third kappa shape index (κ3) is 9.14. The molecule has 12 heteroatoms. The second-order valence-electron chi connectivity index (χ2n) is 10.8. The largest absolute Gasteiger partial charge is 0.444 e. The number of alkyl carbamates (subject to hydrolysis) is 1. The first kappa shape index (κ1) is 29.1. The molecule has 3 rings (SSSR count). The lowest BCUT2D eigenvalue weighted by Gasteiger charge is -2.35. The Morgan fingerprint density at radius 3 is 2.58 bits per heavy atom. The van der Waals surface area contributed by atoms with Crippen molar-refractivity contribution in [1.82, 2.24) is 20.4 Å². The lowest BCUT2D eigenvalue weighted by molar-refractivity contribution is -0.148. The van der Waals surface area contributed by atoms with Crippen LogP contribution in [0.4, 0.5) is 24.1 Å². The Kier molecular flexibility index (Phi) is 9.50. The van der Waals surface area contributed by atoms with Gasteiger partial charge in [0, 0.05) is 50.6 Å². The molecular formula is C26H37F2N5O5. The lowest BCUT2D eigenvalue weighted by Crippen LogP contribution is -2.54. The summed E-state index contributed by atoms with van der Waals surface area (Å²) < 4.78 is 33.3. The number of urea groups is 1. The molecular weight excluding hydrogens is 500 g/mol. The Bertz CT molecular complexity index is 1000. The molecule has 2 fully saturated rings. The quantitative estimate of drug-likeness (QED) is 0.470. The lowest BCUT2D eigenvalue weighted by atomic mass is 10.0. The van der Waals surface area contributed by atoms with Crippen molar-refractivity contribution in [1.29, 1.82) is 0 Å². The monoisotopic (exact) mass is 537 g/mol. The number of ether oxygens (including phenoxy) is 1. The number of likely N-dealkylation sites (tertiary alicyclic amines) is 2. The van der Waals surface area contributed by atoms with E-state index in [2.05, 4.69) is 16.0 Å². The summed E-state index contributed by atoms with van der Waals surface area (Å²) in [5, 5.41) is 8.09.